The number of aryl methyl sites for hydroxylation is 1. The minimum atomic E-state index is -3.20. The van der Waals surface area contributed by atoms with Crippen molar-refractivity contribution in [3.05, 3.63) is 70.5 Å². The van der Waals surface area contributed by atoms with Crippen molar-refractivity contribution in [1.82, 2.24) is 10.3 Å². The molecule has 0 radical (unpaired) electrons. The number of benzene rings is 1. The number of carbonyl (C=O) groups is 1. The molecule has 7 heteroatoms. The fraction of sp³-hybridized carbons (Fsp3) is 0.200. The molecule has 27 heavy (non-hydrogen) atoms. The standard InChI is InChI=1S/C20H20N2O3S2/c1-27(24,25)18-7-4-15(5-8-18)6-9-19(23)22-13-16-3-2-11-21-20(16)17-10-12-26-14-17/h2-5,7-8,10-12,14H,6,9,13H2,1H3,(H,22,23). The first kappa shape index (κ1) is 19.3. The van der Waals surface area contributed by atoms with Crippen LogP contribution in [0.5, 0.6) is 0 Å². The first-order valence-electron chi connectivity index (χ1n) is 8.45. The molecule has 1 amide bonds. The van der Waals surface area contributed by atoms with Crippen molar-refractivity contribution in [1.29, 1.82) is 0 Å². The summed E-state index contributed by atoms with van der Waals surface area (Å²) in [6, 6.07) is 12.5. The monoisotopic (exact) mass is 400 g/mol. The molecule has 2 heterocycles. The molecule has 3 aromatic rings. The number of sulfone groups is 1. The van der Waals surface area contributed by atoms with E-state index in [9.17, 15) is 13.2 Å². The summed E-state index contributed by atoms with van der Waals surface area (Å²) < 4.78 is 22.9. The third-order valence-electron chi connectivity index (χ3n) is 4.15. The van der Waals surface area contributed by atoms with Crippen molar-refractivity contribution in [3.8, 4) is 11.3 Å². The number of nitrogens with zero attached hydrogens (tertiary/aromatic N) is 1. The molecule has 0 saturated carbocycles. The van der Waals surface area contributed by atoms with Gasteiger partial charge >= 0.3 is 0 Å². The Bertz CT molecular complexity index is 1010. The van der Waals surface area contributed by atoms with E-state index in [1.807, 2.05) is 29.0 Å². The lowest BCUT2D eigenvalue weighted by atomic mass is 10.1. The maximum absolute atomic E-state index is 12.2. The second kappa shape index (κ2) is 8.45. The molecule has 0 aliphatic carbocycles. The predicted octanol–water partition coefficient (Wildman–Crippen LogP) is 3.46. The average molecular weight is 401 g/mol. The van der Waals surface area contributed by atoms with Crippen molar-refractivity contribution in [2.45, 2.75) is 24.3 Å². The van der Waals surface area contributed by atoms with Crippen LogP contribution < -0.4 is 5.32 Å². The SMILES string of the molecule is CS(=O)(=O)c1ccc(CCC(=O)NCc2cccnc2-c2ccsc2)cc1. The third kappa shape index (κ3) is 5.24. The molecule has 0 spiro atoms. The van der Waals surface area contributed by atoms with Crippen LogP contribution in [0.3, 0.4) is 0 Å². The Hall–Kier alpha value is -2.51. The normalized spacial score (nSPS) is 11.3. The maximum Gasteiger partial charge on any atom is 0.220 e. The molecule has 1 N–H and O–H groups in total. The Kier molecular flexibility index (Phi) is 6.03. The fourth-order valence-corrected chi connectivity index (χ4v) is 3.95. The van der Waals surface area contributed by atoms with E-state index < -0.39 is 9.84 Å². The van der Waals surface area contributed by atoms with Gasteiger partial charge in [-0.25, -0.2) is 8.42 Å². The van der Waals surface area contributed by atoms with Crippen LogP contribution in [0.4, 0.5) is 0 Å². The van der Waals surface area contributed by atoms with Gasteiger partial charge in [0, 0.05) is 36.4 Å². The molecule has 0 saturated heterocycles. The zero-order valence-corrected chi connectivity index (χ0v) is 16.5. The number of hydrogen-bond donors (Lipinski definition) is 1. The number of nitrogens with one attached hydrogen (secondary N) is 1. The number of amides is 1. The minimum Gasteiger partial charge on any atom is -0.352 e. The van der Waals surface area contributed by atoms with Gasteiger partial charge in [0.2, 0.25) is 5.91 Å². The molecule has 3 rings (SSSR count). The summed E-state index contributed by atoms with van der Waals surface area (Å²) in [6.07, 6.45) is 3.82. The van der Waals surface area contributed by atoms with Crippen LogP contribution in [0.2, 0.25) is 0 Å². The van der Waals surface area contributed by atoms with E-state index in [0.717, 1.165) is 22.4 Å². The summed E-state index contributed by atoms with van der Waals surface area (Å²) in [5.41, 5.74) is 3.84. The van der Waals surface area contributed by atoms with Gasteiger partial charge in [-0.05, 0) is 47.2 Å². The van der Waals surface area contributed by atoms with Crippen molar-refractivity contribution in [2.75, 3.05) is 6.26 Å². The fourth-order valence-electron chi connectivity index (χ4n) is 2.68. The molecule has 0 unspecified atom stereocenters. The van der Waals surface area contributed by atoms with Crippen LogP contribution in [0, 0.1) is 0 Å². The quantitative estimate of drug-likeness (QED) is 0.659. The molecule has 0 aliphatic rings. The summed E-state index contributed by atoms with van der Waals surface area (Å²) >= 11 is 1.61. The zero-order chi connectivity index (χ0) is 19.3. The lowest BCUT2D eigenvalue weighted by molar-refractivity contribution is -0.121. The molecule has 5 nitrogen and oxygen atoms in total. The van der Waals surface area contributed by atoms with Gasteiger partial charge in [0.25, 0.3) is 0 Å². The summed E-state index contributed by atoms with van der Waals surface area (Å²) in [7, 11) is -3.20. The highest BCUT2D eigenvalue weighted by Gasteiger charge is 2.10. The summed E-state index contributed by atoms with van der Waals surface area (Å²) in [4.78, 5) is 16.9. The first-order chi connectivity index (χ1) is 12.9. The molecule has 2 aromatic heterocycles. The maximum atomic E-state index is 12.2. The van der Waals surface area contributed by atoms with Gasteiger partial charge in [-0.15, -0.1) is 0 Å². The Labute approximate surface area is 163 Å². The number of pyridine rings is 1. The molecule has 0 fully saturated rings. The second-order valence-corrected chi connectivity index (χ2v) is 9.01. The van der Waals surface area contributed by atoms with Crippen molar-refractivity contribution >= 4 is 27.1 Å². The largest absolute Gasteiger partial charge is 0.352 e. The van der Waals surface area contributed by atoms with E-state index in [4.69, 9.17) is 0 Å². The van der Waals surface area contributed by atoms with Gasteiger partial charge in [-0.1, -0.05) is 18.2 Å². The molecule has 0 aliphatic heterocycles. The van der Waals surface area contributed by atoms with E-state index in [0.29, 0.717) is 19.4 Å². The molecule has 140 valence electrons. The number of rotatable bonds is 7. The summed E-state index contributed by atoms with van der Waals surface area (Å²) in [5.74, 6) is -0.0534. The number of carbonyl (C=O) groups excluding carboxylic acids is 1. The molecule has 0 atom stereocenters. The summed E-state index contributed by atoms with van der Waals surface area (Å²) in [5, 5.41) is 6.97. The van der Waals surface area contributed by atoms with Crippen LogP contribution in [-0.4, -0.2) is 25.6 Å². The molecular weight excluding hydrogens is 380 g/mol. The molecule has 0 bridgehead atoms. The van der Waals surface area contributed by atoms with Crippen molar-refractivity contribution in [2.24, 2.45) is 0 Å². The molecule has 1 aromatic carbocycles. The highest BCUT2D eigenvalue weighted by atomic mass is 32.2. The first-order valence-corrected chi connectivity index (χ1v) is 11.3. The van der Waals surface area contributed by atoms with Gasteiger partial charge in [0.15, 0.2) is 9.84 Å². The lowest BCUT2D eigenvalue weighted by Crippen LogP contribution is -2.23. The van der Waals surface area contributed by atoms with E-state index in [1.165, 1.54) is 6.26 Å². The topological polar surface area (TPSA) is 76.1 Å². The highest BCUT2D eigenvalue weighted by Crippen LogP contribution is 2.23. The Morgan fingerprint density at radius 1 is 1.15 bits per heavy atom. The third-order valence-corrected chi connectivity index (χ3v) is 5.97. The Morgan fingerprint density at radius 2 is 1.93 bits per heavy atom. The average Bonchev–Trinajstić information content (AvgIpc) is 3.19. The summed E-state index contributed by atoms with van der Waals surface area (Å²) in [6.45, 7) is 0.421. The minimum absolute atomic E-state index is 0.0534. The van der Waals surface area contributed by atoms with Crippen molar-refractivity contribution < 1.29 is 13.2 Å². The number of aromatic nitrogens is 1. The van der Waals surface area contributed by atoms with Gasteiger partial charge in [-0.3, -0.25) is 9.78 Å². The van der Waals surface area contributed by atoms with E-state index in [1.54, 1.807) is 41.8 Å². The van der Waals surface area contributed by atoms with Crippen LogP contribution in [0.15, 0.2) is 64.3 Å². The zero-order valence-electron chi connectivity index (χ0n) is 14.9. The van der Waals surface area contributed by atoms with E-state index >= 15 is 0 Å². The molecular formula is C20H20N2O3S2. The van der Waals surface area contributed by atoms with Crippen molar-refractivity contribution in [3.63, 3.8) is 0 Å². The predicted molar refractivity (Wildman–Crippen MR) is 107 cm³/mol. The van der Waals surface area contributed by atoms with Crippen LogP contribution in [0.25, 0.3) is 11.3 Å². The van der Waals surface area contributed by atoms with Gasteiger partial charge in [-0.2, -0.15) is 11.3 Å². The van der Waals surface area contributed by atoms with Crippen LogP contribution >= 0.6 is 11.3 Å². The van der Waals surface area contributed by atoms with Gasteiger partial charge in [0.1, 0.15) is 0 Å². The van der Waals surface area contributed by atoms with Gasteiger partial charge in [0.05, 0.1) is 10.6 Å². The Morgan fingerprint density at radius 3 is 2.59 bits per heavy atom. The smallest absolute Gasteiger partial charge is 0.220 e. The van der Waals surface area contributed by atoms with Gasteiger partial charge < -0.3 is 5.32 Å². The number of hydrogen-bond acceptors (Lipinski definition) is 5. The van der Waals surface area contributed by atoms with E-state index in [-0.39, 0.29) is 10.8 Å². The van der Waals surface area contributed by atoms with Crippen LogP contribution in [0.1, 0.15) is 17.5 Å². The number of thiophene rings is 1. The van der Waals surface area contributed by atoms with E-state index in [2.05, 4.69) is 10.3 Å². The highest BCUT2D eigenvalue weighted by molar-refractivity contribution is 7.90. The second-order valence-electron chi connectivity index (χ2n) is 6.22. The Balaban J connectivity index is 1.55. The van der Waals surface area contributed by atoms with Crippen LogP contribution in [-0.2, 0) is 27.6 Å². The lowest BCUT2D eigenvalue weighted by Gasteiger charge is -2.09.